The van der Waals surface area contributed by atoms with E-state index in [0.717, 1.165) is 41.5 Å². The highest BCUT2D eigenvalue weighted by atomic mass is 19.1. The molecule has 2 aliphatic heterocycles. The first kappa shape index (κ1) is 22.3. The van der Waals surface area contributed by atoms with Gasteiger partial charge in [-0.3, -0.25) is 4.79 Å². The Bertz CT molecular complexity index is 1180. The van der Waals surface area contributed by atoms with E-state index < -0.39 is 0 Å². The second-order valence-corrected chi connectivity index (χ2v) is 8.50. The highest BCUT2D eigenvalue weighted by Crippen LogP contribution is 2.29. The lowest BCUT2D eigenvalue weighted by Gasteiger charge is -2.34. The number of carbonyl (C=O) groups is 1. The number of nitrogens with zero attached hydrogens (tertiary/aromatic N) is 4. The maximum atomic E-state index is 13.7. The predicted molar refractivity (Wildman–Crippen MR) is 126 cm³/mol. The van der Waals surface area contributed by atoms with Gasteiger partial charge in [0.2, 0.25) is 0 Å². The maximum Gasteiger partial charge on any atom is 0.254 e. The van der Waals surface area contributed by atoms with Gasteiger partial charge >= 0.3 is 0 Å². The summed E-state index contributed by atoms with van der Waals surface area (Å²) in [6, 6.07) is 13.7. The van der Waals surface area contributed by atoms with Gasteiger partial charge in [-0.15, -0.1) is 0 Å². The van der Waals surface area contributed by atoms with Crippen LogP contribution in [0.25, 0.3) is 0 Å². The number of methoxy groups -OCH3 is 1. The van der Waals surface area contributed by atoms with Gasteiger partial charge in [-0.1, -0.05) is 12.1 Å². The van der Waals surface area contributed by atoms with E-state index in [-0.39, 0.29) is 11.7 Å². The van der Waals surface area contributed by atoms with Crippen LogP contribution >= 0.6 is 0 Å². The molecule has 0 bridgehead atoms. The van der Waals surface area contributed by atoms with Gasteiger partial charge in [-0.05, 0) is 42.0 Å². The summed E-state index contributed by atoms with van der Waals surface area (Å²) in [5.74, 6) is 1.95. The molecule has 1 aromatic heterocycles. The summed E-state index contributed by atoms with van der Waals surface area (Å²) in [6.07, 6.45) is 1.10. The highest BCUT2D eigenvalue weighted by Gasteiger charge is 2.29. The van der Waals surface area contributed by atoms with Crippen LogP contribution < -0.4 is 9.64 Å². The molecular weight excluding hydrogens is 435 g/mol. The van der Waals surface area contributed by atoms with E-state index >= 15 is 0 Å². The van der Waals surface area contributed by atoms with Crippen molar-refractivity contribution in [3.63, 3.8) is 0 Å². The number of fused-ring (bicyclic) bond motifs is 1. The summed E-state index contributed by atoms with van der Waals surface area (Å²) >= 11 is 0. The molecule has 1 fully saturated rings. The molecule has 1 saturated heterocycles. The molecule has 176 valence electrons. The van der Waals surface area contributed by atoms with Crippen molar-refractivity contribution in [1.82, 2.24) is 14.9 Å². The number of benzene rings is 2. The molecule has 0 unspecified atom stereocenters. The van der Waals surface area contributed by atoms with E-state index in [0.29, 0.717) is 50.5 Å². The van der Waals surface area contributed by atoms with E-state index in [9.17, 15) is 9.18 Å². The fourth-order valence-corrected chi connectivity index (χ4v) is 4.48. The fourth-order valence-electron chi connectivity index (χ4n) is 4.48. The molecule has 0 saturated carbocycles. The molecule has 0 N–H and O–H groups in total. The van der Waals surface area contributed by atoms with Gasteiger partial charge < -0.3 is 19.3 Å². The van der Waals surface area contributed by atoms with Gasteiger partial charge in [-0.25, -0.2) is 14.4 Å². The Labute approximate surface area is 198 Å². The number of aromatic nitrogens is 2. The lowest BCUT2D eigenvalue weighted by Crippen LogP contribution is -2.41. The lowest BCUT2D eigenvalue weighted by molar-refractivity contribution is 0.0732. The van der Waals surface area contributed by atoms with Crippen LogP contribution in [0.1, 0.15) is 33.0 Å². The van der Waals surface area contributed by atoms with Crippen LogP contribution in [0.4, 0.5) is 10.2 Å². The minimum atomic E-state index is -0.267. The molecule has 0 spiro atoms. The lowest BCUT2D eigenvalue weighted by atomic mass is 10.0. The van der Waals surface area contributed by atoms with Gasteiger partial charge in [-0.2, -0.15) is 0 Å². The van der Waals surface area contributed by atoms with Crippen molar-refractivity contribution in [3.8, 4) is 5.75 Å². The molecular formula is C26H27FN4O3. The van der Waals surface area contributed by atoms with Crippen LogP contribution in [0.3, 0.4) is 0 Å². The van der Waals surface area contributed by atoms with Crippen molar-refractivity contribution in [2.75, 3.05) is 44.9 Å². The van der Waals surface area contributed by atoms with Crippen molar-refractivity contribution in [3.05, 3.63) is 82.6 Å². The normalized spacial score (nSPS) is 15.7. The standard InChI is InChI=1S/C26H27FN4O3/c1-33-21-7-5-19(6-8-21)26(32)31-10-9-23-22(17-31)25(30-11-13-34-14-12-30)29-24(28-23)16-18-3-2-4-20(27)15-18/h2-8,15H,9-14,16-17H2,1H3. The van der Waals surface area contributed by atoms with Crippen LogP contribution in [0.5, 0.6) is 5.75 Å². The molecule has 2 aliphatic rings. The fraction of sp³-hybridized carbons (Fsp3) is 0.346. The molecule has 0 aliphatic carbocycles. The maximum absolute atomic E-state index is 13.7. The topological polar surface area (TPSA) is 67.8 Å². The number of hydrogen-bond donors (Lipinski definition) is 0. The quantitative estimate of drug-likeness (QED) is 0.580. The van der Waals surface area contributed by atoms with E-state index in [4.69, 9.17) is 19.4 Å². The van der Waals surface area contributed by atoms with Crippen LogP contribution in [0.2, 0.25) is 0 Å². The number of ether oxygens (including phenoxy) is 2. The summed E-state index contributed by atoms with van der Waals surface area (Å²) in [6.45, 7) is 3.76. The third-order valence-electron chi connectivity index (χ3n) is 6.27. The van der Waals surface area contributed by atoms with E-state index in [1.54, 1.807) is 37.4 Å². The number of halogens is 1. The molecule has 34 heavy (non-hydrogen) atoms. The summed E-state index contributed by atoms with van der Waals surface area (Å²) < 4.78 is 24.5. The zero-order valence-electron chi connectivity index (χ0n) is 19.2. The summed E-state index contributed by atoms with van der Waals surface area (Å²) in [5, 5.41) is 0. The van der Waals surface area contributed by atoms with Gasteiger partial charge in [0.1, 0.15) is 23.2 Å². The third kappa shape index (κ3) is 4.72. The molecule has 0 radical (unpaired) electrons. The Morgan fingerprint density at radius 2 is 1.88 bits per heavy atom. The van der Waals surface area contributed by atoms with Gasteiger partial charge in [0, 0.05) is 43.6 Å². The van der Waals surface area contributed by atoms with Gasteiger partial charge in [0.05, 0.1) is 32.6 Å². The van der Waals surface area contributed by atoms with Crippen molar-refractivity contribution in [2.24, 2.45) is 0 Å². The number of rotatable bonds is 5. The minimum Gasteiger partial charge on any atom is -0.497 e. The molecule has 8 heteroatoms. The first-order valence-corrected chi connectivity index (χ1v) is 11.5. The smallest absolute Gasteiger partial charge is 0.254 e. The zero-order chi connectivity index (χ0) is 23.5. The van der Waals surface area contributed by atoms with E-state index in [1.807, 2.05) is 11.0 Å². The summed E-state index contributed by atoms with van der Waals surface area (Å²) in [4.78, 5) is 27.0. The van der Waals surface area contributed by atoms with Crippen LogP contribution in [0.15, 0.2) is 48.5 Å². The number of morpholine rings is 1. The van der Waals surface area contributed by atoms with Crippen LogP contribution in [0, 0.1) is 5.82 Å². The molecule has 7 nitrogen and oxygen atoms in total. The Hall–Kier alpha value is -3.52. The average Bonchev–Trinajstić information content (AvgIpc) is 2.88. The van der Waals surface area contributed by atoms with Crippen molar-refractivity contribution >= 4 is 11.7 Å². The molecule has 3 aromatic rings. The Morgan fingerprint density at radius 1 is 1.09 bits per heavy atom. The predicted octanol–water partition coefficient (Wildman–Crippen LogP) is 3.25. The van der Waals surface area contributed by atoms with Crippen LogP contribution in [-0.2, 0) is 24.1 Å². The van der Waals surface area contributed by atoms with Gasteiger partial charge in [0.15, 0.2) is 0 Å². The molecule has 3 heterocycles. The van der Waals surface area contributed by atoms with Crippen molar-refractivity contribution in [2.45, 2.75) is 19.4 Å². The monoisotopic (exact) mass is 462 g/mol. The summed E-state index contributed by atoms with van der Waals surface area (Å²) in [7, 11) is 1.61. The number of amides is 1. The first-order valence-electron chi connectivity index (χ1n) is 11.5. The summed E-state index contributed by atoms with van der Waals surface area (Å²) in [5.41, 5.74) is 3.40. The first-order chi connectivity index (χ1) is 16.6. The Morgan fingerprint density at radius 3 is 2.62 bits per heavy atom. The van der Waals surface area contributed by atoms with Crippen molar-refractivity contribution < 1.29 is 18.7 Å². The van der Waals surface area contributed by atoms with E-state index in [1.165, 1.54) is 12.1 Å². The average molecular weight is 463 g/mol. The number of hydrogen-bond acceptors (Lipinski definition) is 6. The van der Waals surface area contributed by atoms with Crippen molar-refractivity contribution in [1.29, 1.82) is 0 Å². The SMILES string of the molecule is COc1ccc(C(=O)N2CCc3nc(Cc4cccc(F)c4)nc(N4CCOCC4)c3C2)cc1. The molecule has 5 rings (SSSR count). The number of anilines is 1. The van der Waals surface area contributed by atoms with Gasteiger partial charge in [0.25, 0.3) is 5.91 Å². The minimum absolute atomic E-state index is 0.0231. The van der Waals surface area contributed by atoms with E-state index in [2.05, 4.69) is 4.90 Å². The second-order valence-electron chi connectivity index (χ2n) is 8.50. The molecule has 2 aromatic carbocycles. The second kappa shape index (κ2) is 9.77. The third-order valence-corrected chi connectivity index (χ3v) is 6.27. The molecule has 0 atom stereocenters. The Kier molecular flexibility index (Phi) is 6.40. The molecule has 1 amide bonds. The largest absolute Gasteiger partial charge is 0.497 e. The Balaban J connectivity index is 1.45. The number of carbonyl (C=O) groups excluding carboxylic acids is 1. The highest BCUT2D eigenvalue weighted by molar-refractivity contribution is 5.94. The van der Waals surface area contributed by atoms with Crippen LogP contribution in [-0.4, -0.2) is 60.7 Å². The zero-order valence-corrected chi connectivity index (χ0v) is 19.2.